The normalized spacial score (nSPS) is 12.9. The minimum atomic E-state index is -0.676. The van der Waals surface area contributed by atoms with Gasteiger partial charge in [-0.3, -0.25) is 4.79 Å². The Morgan fingerprint density at radius 1 is 1.50 bits per heavy atom. The van der Waals surface area contributed by atoms with Crippen LogP contribution in [0.4, 0.5) is 4.79 Å². The van der Waals surface area contributed by atoms with Crippen LogP contribution in [0.25, 0.3) is 0 Å². The van der Waals surface area contributed by atoms with Crippen molar-refractivity contribution in [2.75, 3.05) is 7.11 Å². The van der Waals surface area contributed by atoms with Crippen LogP contribution in [-0.4, -0.2) is 25.0 Å². The van der Waals surface area contributed by atoms with E-state index in [1.807, 2.05) is 0 Å². The molecule has 1 N–H and O–H groups in total. The Kier molecular flexibility index (Phi) is 5.29. The van der Waals surface area contributed by atoms with Crippen LogP contribution in [0, 0.1) is 0 Å². The first-order chi connectivity index (χ1) is 6.56. The summed E-state index contributed by atoms with van der Waals surface area (Å²) in [5, 5.41) is 2.42. The van der Waals surface area contributed by atoms with Crippen molar-refractivity contribution in [1.82, 2.24) is 5.32 Å². The molecule has 14 heavy (non-hydrogen) atoms. The van der Waals surface area contributed by atoms with Gasteiger partial charge in [0, 0.05) is 0 Å². The summed E-state index contributed by atoms with van der Waals surface area (Å²) in [5.41, 5.74) is 0.655. The van der Waals surface area contributed by atoms with Crippen molar-refractivity contribution >= 4 is 11.9 Å². The summed E-state index contributed by atoms with van der Waals surface area (Å²) in [6, 6.07) is -0.676. The van der Waals surface area contributed by atoms with E-state index in [0.717, 1.165) is 0 Å². The van der Waals surface area contributed by atoms with E-state index in [9.17, 15) is 9.59 Å². The Hall–Kier alpha value is -1.58. The topological polar surface area (TPSA) is 55.4 Å². The monoisotopic (exact) mass is 197 g/mol. The molecule has 0 rings (SSSR count). The fourth-order valence-corrected chi connectivity index (χ4v) is 0.999. The van der Waals surface area contributed by atoms with Gasteiger partial charge in [-0.1, -0.05) is 18.7 Å². The van der Waals surface area contributed by atoms with Gasteiger partial charge in [-0.25, -0.2) is 4.79 Å². The molecule has 0 aromatic carbocycles. The van der Waals surface area contributed by atoms with E-state index in [1.54, 1.807) is 13.0 Å². The Morgan fingerprint density at radius 3 is 2.36 bits per heavy atom. The summed E-state index contributed by atoms with van der Waals surface area (Å²) in [5.74, 6) is -0.164. The number of Topliss-reactive ketones (excluding diaryl/α,β-unsaturated/α-hetero) is 1. The third-order valence-corrected chi connectivity index (χ3v) is 1.76. The zero-order valence-corrected chi connectivity index (χ0v) is 8.66. The highest BCUT2D eigenvalue weighted by Gasteiger charge is 2.19. The molecule has 4 heteroatoms. The van der Waals surface area contributed by atoms with Crippen LogP contribution in [0.3, 0.4) is 0 Å². The number of allylic oxidation sites excluding steroid dienone is 1. The maximum Gasteiger partial charge on any atom is 0.407 e. The van der Waals surface area contributed by atoms with Gasteiger partial charge in [0.2, 0.25) is 0 Å². The number of alkyl carbamates (subject to hydrolysis) is 1. The van der Waals surface area contributed by atoms with Crippen molar-refractivity contribution in [1.29, 1.82) is 0 Å². The smallest absolute Gasteiger partial charge is 0.407 e. The van der Waals surface area contributed by atoms with Gasteiger partial charge in [-0.05, 0) is 19.4 Å². The third-order valence-electron chi connectivity index (χ3n) is 1.76. The second-order valence-electron chi connectivity index (χ2n) is 2.67. The van der Waals surface area contributed by atoms with Crippen LogP contribution in [0.5, 0.6) is 0 Å². The quantitative estimate of drug-likeness (QED) is 0.694. The van der Waals surface area contributed by atoms with Crippen LogP contribution in [-0.2, 0) is 9.53 Å². The molecule has 0 spiro atoms. The number of amides is 1. The molecule has 0 aliphatic heterocycles. The summed E-state index contributed by atoms with van der Waals surface area (Å²) in [7, 11) is 1.25. The van der Waals surface area contributed by atoms with Gasteiger partial charge in [-0.2, -0.15) is 0 Å². The van der Waals surface area contributed by atoms with E-state index in [-0.39, 0.29) is 5.78 Å². The second-order valence-corrected chi connectivity index (χ2v) is 2.67. The van der Waals surface area contributed by atoms with Crippen molar-refractivity contribution < 1.29 is 14.3 Å². The minimum absolute atomic E-state index is 0.164. The number of ketones is 1. The predicted octanol–water partition coefficient (Wildman–Crippen LogP) is 1.43. The number of rotatable bonds is 4. The molecular formula is C10H15NO3. The maximum absolute atomic E-state index is 11.2. The number of hydrogen-bond donors (Lipinski definition) is 1. The number of carbonyl (C=O) groups is 2. The SMILES string of the molecule is C=C/C(=C\C)C(NC(=O)OC)C(C)=O. The lowest BCUT2D eigenvalue weighted by atomic mass is 10.0. The van der Waals surface area contributed by atoms with Crippen molar-refractivity contribution in [2.45, 2.75) is 19.9 Å². The highest BCUT2D eigenvalue weighted by molar-refractivity contribution is 5.89. The van der Waals surface area contributed by atoms with Gasteiger partial charge >= 0.3 is 6.09 Å². The molecule has 0 aromatic heterocycles. The lowest BCUT2D eigenvalue weighted by Crippen LogP contribution is -2.40. The van der Waals surface area contributed by atoms with Crippen LogP contribution in [0.1, 0.15) is 13.8 Å². The summed E-state index contributed by atoms with van der Waals surface area (Å²) in [4.78, 5) is 22.1. The van der Waals surface area contributed by atoms with Crippen molar-refractivity contribution in [3.8, 4) is 0 Å². The lowest BCUT2D eigenvalue weighted by molar-refractivity contribution is -0.118. The molecule has 1 unspecified atom stereocenters. The van der Waals surface area contributed by atoms with Crippen molar-refractivity contribution in [3.63, 3.8) is 0 Å². The average Bonchev–Trinajstić information content (AvgIpc) is 2.17. The molecule has 0 heterocycles. The minimum Gasteiger partial charge on any atom is -0.453 e. The van der Waals surface area contributed by atoms with E-state index >= 15 is 0 Å². The maximum atomic E-state index is 11.2. The number of ether oxygens (including phenoxy) is 1. The molecule has 0 saturated carbocycles. The first-order valence-corrected chi connectivity index (χ1v) is 4.20. The third kappa shape index (κ3) is 3.43. The second kappa shape index (κ2) is 5.96. The number of nitrogens with one attached hydrogen (secondary N) is 1. The van der Waals surface area contributed by atoms with Gasteiger partial charge in [0.05, 0.1) is 7.11 Å². The fourth-order valence-electron chi connectivity index (χ4n) is 0.999. The Balaban J connectivity index is 4.68. The molecule has 0 fully saturated rings. The standard InChI is InChI=1S/C10H15NO3/c1-5-8(6-2)9(7(3)12)11-10(13)14-4/h5-6,9H,1H2,2-4H3,(H,11,13)/b8-6+. The molecule has 4 nitrogen and oxygen atoms in total. The van der Waals surface area contributed by atoms with Crippen LogP contribution >= 0.6 is 0 Å². The number of methoxy groups -OCH3 is 1. The summed E-state index contributed by atoms with van der Waals surface area (Å²) < 4.78 is 4.41. The van der Waals surface area contributed by atoms with Crippen molar-refractivity contribution in [2.24, 2.45) is 0 Å². The molecule has 0 radical (unpaired) electrons. The molecule has 0 saturated heterocycles. The highest BCUT2D eigenvalue weighted by Crippen LogP contribution is 2.05. The first-order valence-electron chi connectivity index (χ1n) is 4.20. The fraction of sp³-hybridized carbons (Fsp3) is 0.400. The van der Waals surface area contributed by atoms with E-state index in [2.05, 4.69) is 16.6 Å². The molecule has 1 atom stereocenters. The Bertz CT molecular complexity index is 269. The highest BCUT2D eigenvalue weighted by atomic mass is 16.5. The van der Waals surface area contributed by atoms with Crippen LogP contribution < -0.4 is 5.32 Å². The summed E-state index contributed by atoms with van der Waals surface area (Å²) in [6.07, 6.45) is 2.61. The largest absolute Gasteiger partial charge is 0.453 e. The molecular weight excluding hydrogens is 182 g/mol. The molecule has 0 aromatic rings. The zero-order chi connectivity index (χ0) is 11.1. The van der Waals surface area contributed by atoms with Crippen molar-refractivity contribution in [3.05, 3.63) is 24.3 Å². The summed E-state index contributed by atoms with van der Waals surface area (Å²) in [6.45, 7) is 6.72. The van der Waals surface area contributed by atoms with Gasteiger partial charge < -0.3 is 10.1 Å². The van der Waals surface area contributed by atoms with Gasteiger partial charge in [0.15, 0.2) is 5.78 Å². The lowest BCUT2D eigenvalue weighted by Gasteiger charge is -2.15. The average molecular weight is 197 g/mol. The Labute approximate surface area is 83.6 Å². The van der Waals surface area contributed by atoms with Gasteiger partial charge in [0.25, 0.3) is 0 Å². The van der Waals surface area contributed by atoms with E-state index in [4.69, 9.17) is 0 Å². The van der Waals surface area contributed by atoms with E-state index < -0.39 is 12.1 Å². The zero-order valence-electron chi connectivity index (χ0n) is 8.66. The van der Waals surface area contributed by atoms with E-state index in [1.165, 1.54) is 20.1 Å². The summed E-state index contributed by atoms with van der Waals surface area (Å²) >= 11 is 0. The molecule has 78 valence electrons. The first kappa shape index (κ1) is 12.4. The van der Waals surface area contributed by atoms with Crippen LogP contribution in [0.15, 0.2) is 24.3 Å². The van der Waals surface area contributed by atoms with Gasteiger partial charge in [-0.15, -0.1) is 0 Å². The number of carbonyl (C=O) groups excluding carboxylic acids is 2. The molecule has 0 aliphatic carbocycles. The predicted molar refractivity (Wildman–Crippen MR) is 54.0 cm³/mol. The Morgan fingerprint density at radius 2 is 2.07 bits per heavy atom. The van der Waals surface area contributed by atoms with Gasteiger partial charge in [0.1, 0.15) is 6.04 Å². The molecule has 0 bridgehead atoms. The van der Waals surface area contributed by atoms with E-state index in [0.29, 0.717) is 5.57 Å². The molecule has 1 amide bonds. The number of hydrogen-bond acceptors (Lipinski definition) is 3. The molecule has 0 aliphatic rings. The van der Waals surface area contributed by atoms with Crippen LogP contribution in [0.2, 0.25) is 0 Å².